The molecule has 3 aromatic rings. The molecule has 1 amide bonds. The van der Waals surface area contributed by atoms with Crippen LogP contribution in [0.25, 0.3) is 16.9 Å². The van der Waals surface area contributed by atoms with Crippen molar-refractivity contribution in [3.05, 3.63) is 65.9 Å². The molecule has 0 saturated heterocycles. The molecule has 5 heteroatoms. The van der Waals surface area contributed by atoms with Crippen LogP contribution < -0.4 is 14.8 Å². The second-order valence-corrected chi connectivity index (χ2v) is 7.80. The van der Waals surface area contributed by atoms with Gasteiger partial charge in [-0.3, -0.25) is 4.79 Å². The van der Waals surface area contributed by atoms with Gasteiger partial charge in [0.2, 0.25) is 0 Å². The summed E-state index contributed by atoms with van der Waals surface area (Å²) in [6.07, 6.45) is 0. The first kappa shape index (κ1) is 21.5. The maximum atomic E-state index is 13.1. The van der Waals surface area contributed by atoms with Gasteiger partial charge in [0.25, 0.3) is 5.91 Å². The van der Waals surface area contributed by atoms with Gasteiger partial charge in [0.1, 0.15) is 11.5 Å². The van der Waals surface area contributed by atoms with Gasteiger partial charge >= 0.3 is 0 Å². The average molecular weight is 407 g/mol. The summed E-state index contributed by atoms with van der Waals surface area (Å²) in [7, 11) is 3.30. The van der Waals surface area contributed by atoms with Gasteiger partial charge in [-0.15, -0.1) is 0 Å². The zero-order chi connectivity index (χ0) is 21.8. The van der Waals surface area contributed by atoms with E-state index in [9.17, 15) is 4.79 Å². The molecular formula is C25H30N2O3. The molecule has 0 spiro atoms. The van der Waals surface area contributed by atoms with E-state index in [4.69, 9.17) is 9.47 Å². The zero-order valence-electron chi connectivity index (χ0n) is 18.5. The number of aromatic nitrogens is 1. The van der Waals surface area contributed by atoms with Crippen molar-refractivity contribution >= 4 is 5.91 Å². The lowest BCUT2D eigenvalue weighted by molar-refractivity contribution is 0.0930. The Labute approximate surface area is 178 Å². The van der Waals surface area contributed by atoms with Crippen LogP contribution in [0.2, 0.25) is 0 Å². The van der Waals surface area contributed by atoms with Crippen LogP contribution in [-0.2, 0) is 0 Å². The maximum Gasteiger partial charge on any atom is 0.253 e. The predicted molar refractivity (Wildman–Crippen MR) is 121 cm³/mol. The number of amides is 1. The van der Waals surface area contributed by atoms with Crippen LogP contribution >= 0.6 is 0 Å². The van der Waals surface area contributed by atoms with Crippen LogP contribution in [0.3, 0.4) is 0 Å². The summed E-state index contributed by atoms with van der Waals surface area (Å²) in [6.45, 7) is 8.20. The van der Waals surface area contributed by atoms with Crippen LogP contribution in [0.1, 0.15) is 36.8 Å². The fourth-order valence-corrected chi connectivity index (χ4v) is 3.34. The van der Waals surface area contributed by atoms with Gasteiger partial charge in [0.05, 0.1) is 25.5 Å². The van der Waals surface area contributed by atoms with E-state index >= 15 is 0 Å². The van der Waals surface area contributed by atoms with Crippen molar-refractivity contribution in [1.29, 1.82) is 0 Å². The number of rotatable bonds is 7. The lowest BCUT2D eigenvalue weighted by Gasteiger charge is -2.17. The molecule has 0 saturated carbocycles. The van der Waals surface area contributed by atoms with E-state index in [1.807, 2.05) is 68.4 Å². The minimum atomic E-state index is -0.0647. The fourth-order valence-electron chi connectivity index (χ4n) is 3.34. The summed E-state index contributed by atoms with van der Waals surface area (Å²) in [5.41, 5.74) is 4.41. The van der Waals surface area contributed by atoms with Gasteiger partial charge in [-0.2, -0.15) is 0 Å². The molecule has 2 aromatic carbocycles. The highest BCUT2D eigenvalue weighted by atomic mass is 16.5. The number of nitrogens with zero attached hydrogens (tertiary/aromatic N) is 1. The molecule has 0 bridgehead atoms. The Morgan fingerprint density at radius 1 is 0.933 bits per heavy atom. The Morgan fingerprint density at radius 2 is 1.60 bits per heavy atom. The topological polar surface area (TPSA) is 52.5 Å². The second kappa shape index (κ2) is 9.08. The van der Waals surface area contributed by atoms with Crippen LogP contribution in [0.15, 0.2) is 54.6 Å². The molecule has 0 unspecified atom stereocenters. The summed E-state index contributed by atoms with van der Waals surface area (Å²) in [5.74, 6) is 1.85. The first-order valence-electron chi connectivity index (χ1n) is 10.2. The predicted octanol–water partition coefficient (Wildman–Crippen LogP) is 5.24. The maximum absolute atomic E-state index is 13.1. The molecule has 0 aliphatic heterocycles. The van der Waals surface area contributed by atoms with E-state index in [1.54, 1.807) is 14.2 Å². The number of carbonyl (C=O) groups excluding carboxylic acids is 1. The molecule has 1 N–H and O–H groups in total. The molecule has 0 aliphatic carbocycles. The number of hydrogen-bond acceptors (Lipinski definition) is 3. The van der Waals surface area contributed by atoms with Crippen molar-refractivity contribution in [2.45, 2.75) is 33.7 Å². The van der Waals surface area contributed by atoms with Crippen LogP contribution in [0, 0.1) is 12.8 Å². The van der Waals surface area contributed by atoms with E-state index < -0.39 is 0 Å². The van der Waals surface area contributed by atoms with Gasteiger partial charge in [0.15, 0.2) is 0 Å². The monoisotopic (exact) mass is 406 g/mol. The number of methoxy groups -OCH3 is 2. The van der Waals surface area contributed by atoms with Gasteiger partial charge in [-0.1, -0.05) is 19.9 Å². The average Bonchev–Trinajstić information content (AvgIpc) is 3.10. The van der Waals surface area contributed by atoms with E-state index in [0.29, 0.717) is 11.5 Å². The quantitative estimate of drug-likeness (QED) is 0.583. The van der Waals surface area contributed by atoms with Crippen molar-refractivity contribution in [2.75, 3.05) is 14.2 Å². The van der Waals surface area contributed by atoms with Gasteiger partial charge in [-0.25, -0.2) is 0 Å². The molecule has 0 radical (unpaired) electrons. The molecule has 1 aromatic heterocycles. The number of nitrogens with one attached hydrogen (secondary N) is 1. The van der Waals surface area contributed by atoms with Crippen molar-refractivity contribution < 1.29 is 14.3 Å². The largest absolute Gasteiger partial charge is 0.497 e. The van der Waals surface area contributed by atoms with E-state index in [0.717, 1.165) is 34.1 Å². The third-order valence-corrected chi connectivity index (χ3v) is 5.55. The summed E-state index contributed by atoms with van der Waals surface area (Å²) in [5, 5.41) is 3.12. The molecular weight excluding hydrogens is 376 g/mol. The number of ether oxygens (including phenoxy) is 2. The molecule has 1 heterocycles. The highest BCUT2D eigenvalue weighted by molar-refractivity contribution is 5.97. The minimum Gasteiger partial charge on any atom is -0.497 e. The number of benzene rings is 2. The summed E-state index contributed by atoms with van der Waals surface area (Å²) in [6, 6.07) is 17.7. The van der Waals surface area contributed by atoms with Crippen molar-refractivity contribution in [3.63, 3.8) is 0 Å². The Hall–Kier alpha value is -3.21. The molecule has 1 atom stereocenters. The van der Waals surface area contributed by atoms with Crippen molar-refractivity contribution in [1.82, 2.24) is 9.88 Å². The highest BCUT2D eigenvalue weighted by Crippen LogP contribution is 2.32. The normalized spacial score (nSPS) is 12.0. The van der Waals surface area contributed by atoms with E-state index in [1.165, 1.54) is 0 Å². The molecule has 158 valence electrons. The summed E-state index contributed by atoms with van der Waals surface area (Å²) < 4.78 is 12.8. The molecule has 30 heavy (non-hydrogen) atoms. The van der Waals surface area contributed by atoms with Crippen molar-refractivity contribution in [2.24, 2.45) is 5.92 Å². The minimum absolute atomic E-state index is 0.0647. The Kier molecular flexibility index (Phi) is 6.50. The summed E-state index contributed by atoms with van der Waals surface area (Å²) >= 11 is 0. The lowest BCUT2D eigenvalue weighted by Crippen LogP contribution is -2.36. The molecule has 0 fully saturated rings. The van der Waals surface area contributed by atoms with Crippen molar-refractivity contribution in [3.8, 4) is 28.4 Å². The smallest absolute Gasteiger partial charge is 0.253 e. The molecule has 5 nitrogen and oxygen atoms in total. The zero-order valence-corrected chi connectivity index (χ0v) is 18.5. The van der Waals surface area contributed by atoms with Crippen LogP contribution in [0.5, 0.6) is 11.5 Å². The fraction of sp³-hybridized carbons (Fsp3) is 0.320. The van der Waals surface area contributed by atoms with Gasteiger partial charge in [-0.05, 0) is 67.8 Å². The Balaban J connectivity index is 2.14. The standard InChI is InChI=1S/C25H30N2O3/c1-16(2)17(3)26-25(28)23-15-24(19-10-12-21(29-5)13-11-19)27(18(23)4)20-8-7-9-22(14-20)30-6/h7-17H,1-6H3,(H,26,28)/t17-/m1/s1. The highest BCUT2D eigenvalue weighted by Gasteiger charge is 2.21. The first-order valence-corrected chi connectivity index (χ1v) is 10.2. The lowest BCUT2D eigenvalue weighted by atomic mass is 10.1. The Bertz CT molecular complexity index is 1020. The number of carbonyl (C=O) groups is 1. The van der Waals surface area contributed by atoms with Crippen LogP contribution in [-0.4, -0.2) is 30.7 Å². The first-order chi connectivity index (χ1) is 14.3. The van der Waals surface area contributed by atoms with Gasteiger partial charge < -0.3 is 19.4 Å². The number of hydrogen-bond donors (Lipinski definition) is 1. The van der Waals surface area contributed by atoms with Crippen LogP contribution in [0.4, 0.5) is 0 Å². The van der Waals surface area contributed by atoms with E-state index in [-0.39, 0.29) is 11.9 Å². The molecule has 0 aliphatic rings. The van der Waals surface area contributed by atoms with E-state index in [2.05, 4.69) is 23.7 Å². The molecule has 3 rings (SSSR count). The second-order valence-electron chi connectivity index (χ2n) is 7.80. The summed E-state index contributed by atoms with van der Waals surface area (Å²) in [4.78, 5) is 13.1. The third-order valence-electron chi connectivity index (χ3n) is 5.55. The SMILES string of the molecule is COc1ccc(-c2cc(C(=O)N[C@H](C)C(C)C)c(C)n2-c2cccc(OC)c2)cc1. The Morgan fingerprint density at radius 3 is 2.20 bits per heavy atom. The third kappa shape index (κ3) is 4.35. The van der Waals surface area contributed by atoms with Gasteiger partial charge in [0, 0.05) is 23.5 Å².